The van der Waals surface area contributed by atoms with Gasteiger partial charge < -0.3 is 9.47 Å². The largest absolute Gasteiger partial charge is 0.332 e. The summed E-state index contributed by atoms with van der Waals surface area (Å²) in [4.78, 5) is 33.8. The number of nitrogens with zero attached hydrogens (tertiary/aromatic N) is 5. The zero-order valence-electron chi connectivity index (χ0n) is 19.8. The second kappa shape index (κ2) is 7.76. The second-order valence-corrected chi connectivity index (χ2v) is 9.47. The lowest BCUT2D eigenvalue weighted by Crippen LogP contribution is -2.40. The standard InChI is InChI=1S/C26H29N5O2/c1-16-6-8-20(9-7-16)15-31-24(32)22-23(28(5)26(31)33)27-25-29(13-19(4)14-30(22)25)21-11-17(2)10-18(3)12-21/h6-12,19H,13-15H2,1-5H3. The highest BCUT2D eigenvalue weighted by atomic mass is 16.2. The smallest absolute Gasteiger partial charge is 0.312 e. The zero-order valence-corrected chi connectivity index (χ0v) is 19.8. The minimum absolute atomic E-state index is 0.235. The van der Waals surface area contributed by atoms with E-state index in [0.717, 1.165) is 23.4 Å². The van der Waals surface area contributed by atoms with E-state index >= 15 is 0 Å². The van der Waals surface area contributed by atoms with Gasteiger partial charge in [-0.2, -0.15) is 4.98 Å². The molecule has 33 heavy (non-hydrogen) atoms. The third kappa shape index (κ3) is 3.57. The molecule has 0 amide bonds. The quantitative estimate of drug-likeness (QED) is 0.485. The maximum Gasteiger partial charge on any atom is 0.332 e. The molecule has 0 radical (unpaired) electrons. The summed E-state index contributed by atoms with van der Waals surface area (Å²) < 4.78 is 4.82. The van der Waals surface area contributed by atoms with Gasteiger partial charge in [0.05, 0.1) is 6.54 Å². The molecular formula is C26H29N5O2. The van der Waals surface area contributed by atoms with Gasteiger partial charge in [0, 0.05) is 25.8 Å². The van der Waals surface area contributed by atoms with Gasteiger partial charge in [-0.25, -0.2) is 4.79 Å². The Morgan fingerprint density at radius 2 is 1.61 bits per heavy atom. The summed E-state index contributed by atoms with van der Waals surface area (Å²) in [5.74, 6) is 1.03. The first kappa shape index (κ1) is 21.2. The fourth-order valence-corrected chi connectivity index (χ4v) is 4.84. The van der Waals surface area contributed by atoms with E-state index in [1.54, 1.807) is 7.05 Å². The number of rotatable bonds is 3. The van der Waals surface area contributed by atoms with Gasteiger partial charge in [-0.1, -0.05) is 42.8 Å². The minimum Gasteiger partial charge on any atom is -0.312 e. The molecule has 0 fully saturated rings. The molecule has 2 aromatic carbocycles. The first-order valence-electron chi connectivity index (χ1n) is 11.3. The van der Waals surface area contributed by atoms with Crippen molar-refractivity contribution >= 4 is 22.8 Å². The minimum atomic E-state index is -0.352. The van der Waals surface area contributed by atoms with Crippen molar-refractivity contribution in [2.45, 2.75) is 40.8 Å². The Morgan fingerprint density at radius 3 is 2.27 bits per heavy atom. The van der Waals surface area contributed by atoms with Crippen LogP contribution in [-0.4, -0.2) is 25.2 Å². The van der Waals surface area contributed by atoms with Crippen LogP contribution in [0.2, 0.25) is 0 Å². The number of hydrogen-bond donors (Lipinski definition) is 0. The molecule has 0 spiro atoms. The Hall–Kier alpha value is -3.61. The molecule has 1 unspecified atom stereocenters. The van der Waals surface area contributed by atoms with E-state index in [2.05, 4.69) is 43.9 Å². The molecule has 1 aliphatic rings. The van der Waals surface area contributed by atoms with Crippen molar-refractivity contribution in [3.8, 4) is 0 Å². The van der Waals surface area contributed by atoms with E-state index in [1.807, 2.05) is 35.8 Å². The van der Waals surface area contributed by atoms with Crippen LogP contribution in [0.5, 0.6) is 0 Å². The fourth-order valence-electron chi connectivity index (χ4n) is 4.84. The van der Waals surface area contributed by atoms with Crippen molar-refractivity contribution in [3.05, 3.63) is 85.6 Å². The van der Waals surface area contributed by atoms with E-state index in [-0.39, 0.29) is 17.8 Å². The van der Waals surface area contributed by atoms with E-state index in [4.69, 9.17) is 4.98 Å². The van der Waals surface area contributed by atoms with Crippen LogP contribution in [-0.2, 0) is 20.1 Å². The Labute approximate surface area is 192 Å². The average molecular weight is 444 g/mol. The third-order valence-corrected chi connectivity index (χ3v) is 6.42. The third-order valence-electron chi connectivity index (χ3n) is 6.42. The van der Waals surface area contributed by atoms with Gasteiger partial charge >= 0.3 is 5.69 Å². The van der Waals surface area contributed by atoms with E-state index in [9.17, 15) is 9.59 Å². The highest BCUT2D eigenvalue weighted by Crippen LogP contribution is 2.33. The lowest BCUT2D eigenvalue weighted by atomic mass is 10.1. The van der Waals surface area contributed by atoms with Crippen LogP contribution in [0.25, 0.3) is 11.2 Å². The van der Waals surface area contributed by atoms with Crippen LogP contribution < -0.4 is 16.1 Å². The molecule has 1 atom stereocenters. The van der Waals surface area contributed by atoms with Crippen molar-refractivity contribution in [3.63, 3.8) is 0 Å². The van der Waals surface area contributed by atoms with Gasteiger partial charge in [0.2, 0.25) is 5.95 Å². The highest BCUT2D eigenvalue weighted by Gasteiger charge is 2.30. The van der Waals surface area contributed by atoms with Crippen molar-refractivity contribution in [1.82, 2.24) is 18.7 Å². The Bertz CT molecular complexity index is 1470. The molecule has 5 rings (SSSR count). The number of fused-ring (bicyclic) bond motifs is 3. The van der Waals surface area contributed by atoms with Gasteiger partial charge in [0.25, 0.3) is 5.56 Å². The Kier molecular flexibility index (Phi) is 5.00. The summed E-state index contributed by atoms with van der Waals surface area (Å²) in [6.45, 7) is 10.1. The second-order valence-electron chi connectivity index (χ2n) is 9.47. The van der Waals surface area contributed by atoms with E-state index in [0.29, 0.717) is 29.6 Å². The van der Waals surface area contributed by atoms with E-state index < -0.39 is 0 Å². The molecule has 0 saturated carbocycles. The lowest BCUT2D eigenvalue weighted by molar-refractivity contribution is 0.458. The van der Waals surface area contributed by atoms with Crippen molar-refractivity contribution < 1.29 is 0 Å². The fraction of sp³-hybridized carbons (Fsp3) is 0.346. The maximum absolute atomic E-state index is 13.6. The first-order chi connectivity index (χ1) is 15.7. The number of benzene rings is 2. The predicted molar refractivity (Wildman–Crippen MR) is 132 cm³/mol. The summed E-state index contributed by atoms with van der Waals surface area (Å²) >= 11 is 0. The van der Waals surface area contributed by atoms with Gasteiger partial charge in [0.15, 0.2) is 11.2 Å². The Morgan fingerprint density at radius 1 is 0.939 bits per heavy atom. The molecule has 170 valence electrons. The van der Waals surface area contributed by atoms with Gasteiger partial charge in [-0.05, 0) is 55.5 Å². The first-order valence-corrected chi connectivity index (χ1v) is 11.3. The number of aromatic nitrogens is 4. The summed E-state index contributed by atoms with van der Waals surface area (Å²) in [6, 6.07) is 14.3. The van der Waals surface area contributed by atoms with Crippen LogP contribution >= 0.6 is 0 Å². The molecule has 3 heterocycles. The SMILES string of the molecule is Cc1ccc(Cn2c(=O)c3c(nc4n3CC(C)CN4c3cc(C)cc(C)c3)n(C)c2=O)cc1. The highest BCUT2D eigenvalue weighted by molar-refractivity contribution is 5.77. The maximum atomic E-state index is 13.6. The number of anilines is 2. The summed E-state index contributed by atoms with van der Waals surface area (Å²) in [6.07, 6.45) is 0. The van der Waals surface area contributed by atoms with Crippen molar-refractivity contribution in [1.29, 1.82) is 0 Å². The number of aryl methyl sites for hydroxylation is 4. The van der Waals surface area contributed by atoms with Gasteiger partial charge in [-0.15, -0.1) is 0 Å². The van der Waals surface area contributed by atoms with Crippen molar-refractivity contribution in [2.24, 2.45) is 13.0 Å². The summed E-state index contributed by atoms with van der Waals surface area (Å²) in [5.41, 5.74) is 5.75. The monoisotopic (exact) mass is 443 g/mol. The number of imidazole rings is 1. The molecule has 0 aliphatic carbocycles. The van der Waals surface area contributed by atoms with Crippen LogP contribution in [0.3, 0.4) is 0 Å². The van der Waals surface area contributed by atoms with Gasteiger partial charge in [0.1, 0.15) is 0 Å². The zero-order chi connectivity index (χ0) is 23.4. The molecule has 7 heteroatoms. The normalized spacial score (nSPS) is 15.8. The molecular weight excluding hydrogens is 414 g/mol. The van der Waals surface area contributed by atoms with Gasteiger partial charge in [-0.3, -0.25) is 13.9 Å². The Balaban J connectivity index is 1.72. The molecule has 2 aromatic heterocycles. The van der Waals surface area contributed by atoms with Crippen LogP contribution in [0.15, 0.2) is 52.1 Å². The summed E-state index contributed by atoms with van der Waals surface area (Å²) in [5, 5.41) is 0. The summed E-state index contributed by atoms with van der Waals surface area (Å²) in [7, 11) is 1.69. The molecule has 7 nitrogen and oxygen atoms in total. The van der Waals surface area contributed by atoms with Crippen LogP contribution in [0.1, 0.15) is 29.2 Å². The van der Waals surface area contributed by atoms with E-state index in [1.165, 1.54) is 20.3 Å². The molecule has 0 saturated heterocycles. The van der Waals surface area contributed by atoms with Crippen LogP contribution in [0.4, 0.5) is 11.6 Å². The lowest BCUT2D eigenvalue weighted by Gasteiger charge is -2.33. The molecule has 0 N–H and O–H groups in total. The van der Waals surface area contributed by atoms with Crippen molar-refractivity contribution in [2.75, 3.05) is 11.4 Å². The predicted octanol–water partition coefficient (Wildman–Crippen LogP) is 3.66. The molecule has 1 aliphatic heterocycles. The number of hydrogen-bond acceptors (Lipinski definition) is 4. The molecule has 4 aromatic rings. The molecule has 0 bridgehead atoms. The topological polar surface area (TPSA) is 65.1 Å². The average Bonchev–Trinajstić information content (AvgIpc) is 3.15. The van der Waals surface area contributed by atoms with Crippen LogP contribution in [0, 0.1) is 26.7 Å².